The van der Waals surface area contributed by atoms with Crippen molar-refractivity contribution in [2.45, 2.75) is 49.6 Å². The third kappa shape index (κ3) is 3.68. The second-order valence-corrected chi connectivity index (χ2v) is 8.51. The van der Waals surface area contributed by atoms with E-state index in [9.17, 15) is 8.42 Å². The first kappa shape index (κ1) is 18.2. The molecule has 1 unspecified atom stereocenters. The van der Waals surface area contributed by atoms with Crippen molar-refractivity contribution >= 4 is 21.6 Å². The number of nitrogens with one attached hydrogen (secondary N) is 1. The van der Waals surface area contributed by atoms with Crippen LogP contribution in [0.5, 0.6) is 5.75 Å². The third-order valence-electron chi connectivity index (χ3n) is 4.91. The molecule has 2 aromatic rings. The van der Waals surface area contributed by atoms with Gasteiger partial charge >= 0.3 is 0 Å². The van der Waals surface area contributed by atoms with Crippen LogP contribution in [0.1, 0.15) is 44.7 Å². The monoisotopic (exact) mass is 379 g/mol. The molecule has 4 nitrogen and oxygen atoms in total. The van der Waals surface area contributed by atoms with E-state index in [2.05, 4.69) is 18.6 Å². The zero-order chi connectivity index (χ0) is 18.1. The van der Waals surface area contributed by atoms with Gasteiger partial charge in [0, 0.05) is 17.0 Å². The lowest BCUT2D eigenvalue weighted by Gasteiger charge is -2.41. The molecule has 0 bridgehead atoms. The summed E-state index contributed by atoms with van der Waals surface area (Å²) >= 11 is 5.86. The van der Waals surface area contributed by atoms with Gasteiger partial charge in [0.1, 0.15) is 11.4 Å². The highest BCUT2D eigenvalue weighted by molar-refractivity contribution is 7.89. The second kappa shape index (κ2) is 6.98. The maximum Gasteiger partial charge on any atom is 0.241 e. The lowest BCUT2D eigenvalue weighted by Crippen LogP contribution is -2.44. The molecule has 0 saturated heterocycles. The van der Waals surface area contributed by atoms with Gasteiger partial charge in [0.05, 0.1) is 10.9 Å². The Bertz CT molecular complexity index is 845. The summed E-state index contributed by atoms with van der Waals surface area (Å²) < 4.78 is 34.7. The molecular formula is C19H22ClNO3S. The number of sulfonamides is 1. The van der Waals surface area contributed by atoms with Crippen molar-refractivity contribution < 1.29 is 13.2 Å². The van der Waals surface area contributed by atoms with E-state index in [1.165, 1.54) is 12.1 Å². The van der Waals surface area contributed by atoms with Crippen LogP contribution < -0.4 is 9.46 Å². The largest absolute Gasteiger partial charge is 0.487 e. The number of halogens is 1. The molecule has 1 aliphatic rings. The predicted molar refractivity (Wildman–Crippen MR) is 99.5 cm³/mol. The molecule has 1 atom stereocenters. The van der Waals surface area contributed by atoms with E-state index in [4.69, 9.17) is 16.3 Å². The summed E-state index contributed by atoms with van der Waals surface area (Å²) in [5, 5.41) is 0.506. The summed E-state index contributed by atoms with van der Waals surface area (Å²) in [6, 6.07) is 13.5. The predicted octanol–water partition coefficient (Wildman–Crippen LogP) is 4.70. The minimum atomic E-state index is -3.65. The van der Waals surface area contributed by atoms with Gasteiger partial charge in [0.15, 0.2) is 0 Å². The summed E-state index contributed by atoms with van der Waals surface area (Å²) in [5.74, 6) is 0.751. The highest BCUT2D eigenvalue weighted by Gasteiger charge is 2.39. The molecule has 3 rings (SSSR count). The van der Waals surface area contributed by atoms with Crippen molar-refractivity contribution in [3.63, 3.8) is 0 Å². The lowest BCUT2D eigenvalue weighted by molar-refractivity contribution is 0.0260. The van der Waals surface area contributed by atoms with Gasteiger partial charge in [-0.25, -0.2) is 13.1 Å². The molecule has 0 radical (unpaired) electrons. The van der Waals surface area contributed by atoms with Crippen LogP contribution in [0.2, 0.25) is 5.02 Å². The molecule has 1 N–H and O–H groups in total. The van der Waals surface area contributed by atoms with Crippen molar-refractivity contribution in [2.75, 3.05) is 0 Å². The number of hydrogen-bond donors (Lipinski definition) is 1. The van der Waals surface area contributed by atoms with Crippen molar-refractivity contribution in [1.29, 1.82) is 0 Å². The third-order valence-corrected chi connectivity index (χ3v) is 6.65. The van der Waals surface area contributed by atoms with Crippen LogP contribution in [0.25, 0.3) is 0 Å². The Hall–Kier alpha value is -1.56. The Morgan fingerprint density at radius 2 is 1.76 bits per heavy atom. The average Bonchev–Trinajstić information content (AvgIpc) is 2.61. The van der Waals surface area contributed by atoms with Crippen LogP contribution in [0.4, 0.5) is 0 Å². The van der Waals surface area contributed by atoms with E-state index in [0.717, 1.165) is 24.2 Å². The maximum absolute atomic E-state index is 12.8. The minimum Gasteiger partial charge on any atom is -0.487 e. The summed E-state index contributed by atoms with van der Waals surface area (Å²) in [6.07, 6.45) is 2.23. The zero-order valence-corrected chi connectivity index (χ0v) is 15.9. The maximum atomic E-state index is 12.8. The van der Waals surface area contributed by atoms with Gasteiger partial charge in [-0.15, -0.1) is 0 Å². The van der Waals surface area contributed by atoms with Gasteiger partial charge in [-0.1, -0.05) is 43.6 Å². The molecule has 0 amide bonds. The minimum absolute atomic E-state index is 0.208. The van der Waals surface area contributed by atoms with Gasteiger partial charge in [-0.05, 0) is 43.2 Å². The van der Waals surface area contributed by atoms with E-state index >= 15 is 0 Å². The van der Waals surface area contributed by atoms with Gasteiger partial charge < -0.3 is 4.74 Å². The normalized spacial score (nSPS) is 19.1. The number of ether oxygens (including phenoxy) is 1. The molecule has 1 aliphatic heterocycles. The Morgan fingerprint density at radius 3 is 2.40 bits per heavy atom. The molecule has 0 spiro atoms. The van der Waals surface area contributed by atoms with Gasteiger partial charge in [0.25, 0.3) is 0 Å². The lowest BCUT2D eigenvalue weighted by atomic mass is 9.84. The molecule has 134 valence electrons. The van der Waals surface area contributed by atoms with Crippen molar-refractivity contribution in [3.05, 3.63) is 59.1 Å². The quantitative estimate of drug-likeness (QED) is 0.819. The Kier molecular flexibility index (Phi) is 5.09. The van der Waals surface area contributed by atoms with Gasteiger partial charge in [-0.2, -0.15) is 0 Å². The van der Waals surface area contributed by atoms with E-state index < -0.39 is 10.0 Å². The van der Waals surface area contributed by atoms with Crippen molar-refractivity contribution in [3.8, 4) is 5.75 Å². The second-order valence-electron chi connectivity index (χ2n) is 6.36. The SMILES string of the molecule is CCC1(CC)CC(NS(=O)(=O)c2ccc(Cl)cc2)c2ccccc2O1. The molecule has 0 fully saturated rings. The van der Waals surface area contributed by atoms with Crippen molar-refractivity contribution in [2.24, 2.45) is 0 Å². The summed E-state index contributed by atoms with van der Waals surface area (Å²) in [7, 11) is -3.65. The molecule has 2 aromatic carbocycles. The fourth-order valence-corrected chi connectivity index (χ4v) is 4.62. The molecule has 0 saturated carbocycles. The Labute approximate surface area is 154 Å². The summed E-state index contributed by atoms with van der Waals surface area (Å²) in [5.41, 5.74) is 0.513. The van der Waals surface area contributed by atoms with Crippen LogP contribution in [-0.4, -0.2) is 14.0 Å². The van der Waals surface area contributed by atoms with Gasteiger partial charge in [-0.3, -0.25) is 0 Å². The topological polar surface area (TPSA) is 55.4 Å². The van der Waals surface area contributed by atoms with Crippen LogP contribution in [-0.2, 0) is 10.0 Å². The number of fused-ring (bicyclic) bond motifs is 1. The fourth-order valence-electron chi connectivity index (χ4n) is 3.28. The zero-order valence-electron chi connectivity index (χ0n) is 14.3. The Balaban J connectivity index is 1.96. The van der Waals surface area contributed by atoms with Crippen LogP contribution in [0, 0.1) is 0 Å². The molecule has 0 aromatic heterocycles. The Morgan fingerprint density at radius 1 is 1.12 bits per heavy atom. The average molecular weight is 380 g/mol. The highest BCUT2D eigenvalue weighted by atomic mass is 35.5. The molecule has 25 heavy (non-hydrogen) atoms. The van der Waals surface area contributed by atoms with Crippen LogP contribution in [0.3, 0.4) is 0 Å². The molecular weight excluding hydrogens is 358 g/mol. The van der Waals surface area contributed by atoms with E-state index in [1.807, 2.05) is 24.3 Å². The standard InChI is InChI=1S/C19H22ClNO3S/c1-3-19(4-2)13-17(16-7-5-6-8-18(16)24-19)21-25(22,23)15-11-9-14(20)10-12-15/h5-12,17,21H,3-4,13H2,1-2H3. The number of benzene rings is 2. The first-order chi connectivity index (χ1) is 11.9. The number of rotatable bonds is 5. The summed E-state index contributed by atoms with van der Waals surface area (Å²) in [4.78, 5) is 0.208. The first-order valence-electron chi connectivity index (χ1n) is 8.45. The number of hydrogen-bond acceptors (Lipinski definition) is 3. The fraction of sp³-hybridized carbons (Fsp3) is 0.368. The summed E-state index contributed by atoms with van der Waals surface area (Å²) in [6.45, 7) is 4.14. The van der Waals surface area contributed by atoms with Gasteiger partial charge in [0.2, 0.25) is 10.0 Å². The van der Waals surface area contributed by atoms with Crippen LogP contribution >= 0.6 is 11.6 Å². The molecule has 0 aliphatic carbocycles. The molecule has 1 heterocycles. The highest BCUT2D eigenvalue weighted by Crippen LogP contribution is 2.43. The van der Waals surface area contributed by atoms with E-state index in [1.54, 1.807) is 12.1 Å². The van der Waals surface area contributed by atoms with Crippen molar-refractivity contribution in [1.82, 2.24) is 4.72 Å². The van der Waals surface area contributed by atoms with Crippen LogP contribution in [0.15, 0.2) is 53.4 Å². The van der Waals surface area contributed by atoms with E-state index in [0.29, 0.717) is 11.4 Å². The number of para-hydroxylation sites is 1. The molecule has 6 heteroatoms. The van der Waals surface area contributed by atoms with E-state index in [-0.39, 0.29) is 16.5 Å². The smallest absolute Gasteiger partial charge is 0.241 e. The first-order valence-corrected chi connectivity index (χ1v) is 10.3.